The maximum atomic E-state index is 14.0. The molecule has 0 radical (unpaired) electrons. The summed E-state index contributed by atoms with van der Waals surface area (Å²) in [5.74, 6) is 0.880. The van der Waals surface area contributed by atoms with Crippen molar-refractivity contribution in [3.05, 3.63) is 71.5 Å². The number of H-pyrrole nitrogens is 1. The van der Waals surface area contributed by atoms with Gasteiger partial charge in [-0.3, -0.25) is 9.89 Å². The van der Waals surface area contributed by atoms with Crippen LogP contribution in [0.1, 0.15) is 11.1 Å². The van der Waals surface area contributed by atoms with Gasteiger partial charge < -0.3 is 14.8 Å². The normalized spacial score (nSPS) is 12.4. The first-order valence-corrected chi connectivity index (χ1v) is 9.97. The molecule has 1 aromatic heterocycles. The SMILES string of the molecule is N#Cc1ccc(-c2ccc3[nH]nc(NC(=O)Cc4ccc5c(c4)OCCO5)c3c2)cc1F. The van der Waals surface area contributed by atoms with Gasteiger partial charge in [0.05, 0.1) is 17.5 Å². The Labute approximate surface area is 182 Å². The van der Waals surface area contributed by atoms with Crippen LogP contribution in [0.2, 0.25) is 0 Å². The van der Waals surface area contributed by atoms with Crippen molar-refractivity contribution in [2.24, 2.45) is 0 Å². The van der Waals surface area contributed by atoms with Gasteiger partial charge in [0.25, 0.3) is 0 Å². The molecule has 0 saturated heterocycles. The van der Waals surface area contributed by atoms with Crippen molar-refractivity contribution in [3.63, 3.8) is 0 Å². The predicted molar refractivity (Wildman–Crippen MR) is 116 cm³/mol. The van der Waals surface area contributed by atoms with Crippen molar-refractivity contribution >= 4 is 22.6 Å². The Balaban J connectivity index is 1.37. The number of carbonyl (C=O) groups is 1. The van der Waals surface area contributed by atoms with Crippen molar-refractivity contribution in [2.75, 3.05) is 18.5 Å². The molecule has 1 amide bonds. The van der Waals surface area contributed by atoms with Gasteiger partial charge in [0.2, 0.25) is 5.91 Å². The smallest absolute Gasteiger partial charge is 0.230 e. The van der Waals surface area contributed by atoms with Gasteiger partial charge in [-0.1, -0.05) is 18.2 Å². The molecule has 1 aliphatic rings. The predicted octanol–water partition coefficient (Wildman–Crippen LogP) is 4.19. The molecule has 4 aromatic rings. The van der Waals surface area contributed by atoms with Crippen LogP contribution in [0.15, 0.2) is 54.6 Å². The molecule has 5 rings (SSSR count). The lowest BCUT2D eigenvalue weighted by Crippen LogP contribution is -2.17. The molecular formula is C24H17FN4O3. The van der Waals surface area contributed by atoms with Crippen molar-refractivity contribution < 1.29 is 18.7 Å². The van der Waals surface area contributed by atoms with Crippen LogP contribution in [0.3, 0.4) is 0 Å². The maximum absolute atomic E-state index is 14.0. The molecule has 3 aromatic carbocycles. The molecule has 0 fully saturated rings. The summed E-state index contributed by atoms with van der Waals surface area (Å²) >= 11 is 0. The highest BCUT2D eigenvalue weighted by molar-refractivity contribution is 6.01. The molecule has 0 aliphatic carbocycles. The van der Waals surface area contributed by atoms with Crippen LogP contribution in [0.5, 0.6) is 11.5 Å². The number of hydrogen-bond donors (Lipinski definition) is 2. The van der Waals surface area contributed by atoms with E-state index in [0.29, 0.717) is 41.5 Å². The monoisotopic (exact) mass is 428 g/mol. The first-order chi connectivity index (χ1) is 15.6. The van der Waals surface area contributed by atoms with E-state index in [0.717, 1.165) is 16.6 Å². The Bertz CT molecular complexity index is 1390. The molecule has 32 heavy (non-hydrogen) atoms. The summed E-state index contributed by atoms with van der Waals surface area (Å²) in [5.41, 5.74) is 2.88. The Kier molecular flexibility index (Phi) is 4.92. The average Bonchev–Trinajstić information content (AvgIpc) is 3.20. The molecular weight excluding hydrogens is 411 g/mol. The summed E-state index contributed by atoms with van der Waals surface area (Å²) in [4.78, 5) is 12.6. The number of nitrogens with zero attached hydrogens (tertiary/aromatic N) is 2. The van der Waals surface area contributed by atoms with Gasteiger partial charge in [-0.15, -0.1) is 0 Å². The van der Waals surface area contributed by atoms with E-state index in [4.69, 9.17) is 14.7 Å². The quantitative estimate of drug-likeness (QED) is 0.508. The second-order valence-electron chi connectivity index (χ2n) is 7.34. The topological polar surface area (TPSA) is 100 Å². The number of halogens is 1. The zero-order valence-corrected chi connectivity index (χ0v) is 16.8. The van der Waals surface area contributed by atoms with Crippen LogP contribution in [0, 0.1) is 17.1 Å². The zero-order valence-electron chi connectivity index (χ0n) is 16.8. The number of amides is 1. The largest absolute Gasteiger partial charge is 0.486 e. The fourth-order valence-corrected chi connectivity index (χ4v) is 3.63. The summed E-state index contributed by atoms with van der Waals surface area (Å²) in [6, 6.07) is 17.1. The lowest BCUT2D eigenvalue weighted by molar-refractivity contribution is -0.115. The summed E-state index contributed by atoms with van der Waals surface area (Å²) < 4.78 is 25.1. The lowest BCUT2D eigenvalue weighted by Gasteiger charge is -2.18. The van der Waals surface area contributed by atoms with E-state index < -0.39 is 5.82 Å². The number of nitrogens with one attached hydrogen (secondary N) is 2. The first kappa shape index (κ1) is 19.6. The van der Waals surface area contributed by atoms with Crippen molar-refractivity contribution in [1.29, 1.82) is 5.26 Å². The second-order valence-corrected chi connectivity index (χ2v) is 7.34. The molecule has 2 N–H and O–H groups in total. The molecule has 0 spiro atoms. The highest BCUT2D eigenvalue weighted by atomic mass is 19.1. The summed E-state index contributed by atoms with van der Waals surface area (Å²) in [6.07, 6.45) is 0.144. The highest BCUT2D eigenvalue weighted by Crippen LogP contribution is 2.31. The Morgan fingerprint density at radius 3 is 2.66 bits per heavy atom. The van der Waals surface area contributed by atoms with Crippen LogP contribution in [0.25, 0.3) is 22.0 Å². The number of fused-ring (bicyclic) bond motifs is 2. The third kappa shape index (κ3) is 3.72. The molecule has 158 valence electrons. The van der Waals surface area contributed by atoms with E-state index in [-0.39, 0.29) is 17.9 Å². The van der Waals surface area contributed by atoms with Crippen LogP contribution >= 0.6 is 0 Å². The number of hydrogen-bond acceptors (Lipinski definition) is 5. The van der Waals surface area contributed by atoms with Crippen LogP contribution < -0.4 is 14.8 Å². The molecule has 2 heterocycles. The lowest BCUT2D eigenvalue weighted by atomic mass is 10.0. The number of aromatic amines is 1. The second kappa shape index (κ2) is 8.04. The average molecular weight is 428 g/mol. The van der Waals surface area contributed by atoms with E-state index in [1.54, 1.807) is 18.2 Å². The standard InChI is InChI=1S/C24H17FN4O3/c25-19-12-16(2-3-17(19)13-26)15-4-5-20-18(11-15)24(29-28-20)27-23(30)10-14-1-6-21-22(9-14)32-8-7-31-21/h1-6,9,11-12H,7-8,10H2,(H2,27,28,29,30). The Morgan fingerprint density at radius 1 is 1.06 bits per heavy atom. The fraction of sp³-hybridized carbons (Fsp3) is 0.125. The van der Waals surface area contributed by atoms with Crippen LogP contribution in [-0.2, 0) is 11.2 Å². The molecule has 7 nitrogen and oxygen atoms in total. The van der Waals surface area contributed by atoms with Gasteiger partial charge in [-0.25, -0.2) is 4.39 Å². The number of anilines is 1. The minimum absolute atomic E-state index is 0.00904. The molecule has 0 bridgehead atoms. The van der Waals surface area contributed by atoms with Crippen LogP contribution in [0.4, 0.5) is 10.2 Å². The third-order valence-electron chi connectivity index (χ3n) is 5.21. The first-order valence-electron chi connectivity index (χ1n) is 9.97. The summed E-state index contributed by atoms with van der Waals surface area (Å²) in [5, 5.41) is 19.5. The van der Waals surface area contributed by atoms with E-state index in [9.17, 15) is 9.18 Å². The van der Waals surface area contributed by atoms with Gasteiger partial charge in [0, 0.05) is 5.39 Å². The van der Waals surface area contributed by atoms with E-state index in [2.05, 4.69) is 15.5 Å². The number of aromatic nitrogens is 2. The van der Waals surface area contributed by atoms with Gasteiger partial charge >= 0.3 is 0 Å². The van der Waals surface area contributed by atoms with E-state index in [1.807, 2.05) is 30.3 Å². The maximum Gasteiger partial charge on any atom is 0.230 e. The highest BCUT2D eigenvalue weighted by Gasteiger charge is 2.15. The van der Waals surface area contributed by atoms with Crippen molar-refractivity contribution in [2.45, 2.75) is 6.42 Å². The molecule has 1 aliphatic heterocycles. The minimum Gasteiger partial charge on any atom is -0.486 e. The van der Waals surface area contributed by atoms with Crippen molar-refractivity contribution in [3.8, 4) is 28.7 Å². The van der Waals surface area contributed by atoms with Gasteiger partial charge in [0.1, 0.15) is 25.1 Å². The number of rotatable bonds is 4. The number of benzene rings is 3. The fourth-order valence-electron chi connectivity index (χ4n) is 3.63. The van der Waals surface area contributed by atoms with Crippen molar-refractivity contribution in [1.82, 2.24) is 10.2 Å². The van der Waals surface area contributed by atoms with Gasteiger partial charge in [-0.05, 0) is 53.1 Å². The molecule has 0 atom stereocenters. The van der Waals surface area contributed by atoms with E-state index in [1.165, 1.54) is 12.1 Å². The number of carbonyl (C=O) groups excluding carboxylic acids is 1. The zero-order chi connectivity index (χ0) is 22.1. The summed E-state index contributed by atoms with van der Waals surface area (Å²) in [6.45, 7) is 0.990. The summed E-state index contributed by atoms with van der Waals surface area (Å²) in [7, 11) is 0. The Hall–Kier alpha value is -4.38. The molecule has 0 unspecified atom stereocenters. The van der Waals surface area contributed by atoms with Gasteiger partial charge in [0.15, 0.2) is 17.3 Å². The van der Waals surface area contributed by atoms with E-state index >= 15 is 0 Å². The molecule has 0 saturated carbocycles. The van der Waals surface area contributed by atoms with Crippen LogP contribution in [-0.4, -0.2) is 29.3 Å². The number of ether oxygens (including phenoxy) is 2. The Morgan fingerprint density at radius 2 is 1.84 bits per heavy atom. The minimum atomic E-state index is -0.578. The third-order valence-corrected chi connectivity index (χ3v) is 5.21. The molecule has 8 heteroatoms. The van der Waals surface area contributed by atoms with Gasteiger partial charge in [-0.2, -0.15) is 10.4 Å². The number of nitriles is 1.